The molecule has 0 fully saturated rings. The lowest BCUT2D eigenvalue weighted by Gasteiger charge is -2.08. The fraction of sp³-hybridized carbons (Fsp3) is 0.250. The first-order valence-electron chi connectivity index (χ1n) is 7.91. The molecule has 0 amide bonds. The summed E-state index contributed by atoms with van der Waals surface area (Å²) >= 11 is 0. The smallest absolute Gasteiger partial charge is 0.276 e. The van der Waals surface area contributed by atoms with Crippen molar-refractivity contribution in [1.29, 1.82) is 0 Å². The second-order valence-electron chi connectivity index (χ2n) is 5.76. The molecule has 1 aromatic carbocycles. The number of nitrogens with zero attached hydrogens (tertiary/aromatic N) is 4. The maximum Gasteiger partial charge on any atom is 0.416 e. The largest absolute Gasteiger partial charge is 0.416 e. The Balaban J connectivity index is 1.73. The first-order valence-corrected chi connectivity index (χ1v) is 9.39. The van der Waals surface area contributed by atoms with Crippen LogP contribution in [-0.2, 0) is 29.3 Å². The number of halogens is 3. The summed E-state index contributed by atoms with van der Waals surface area (Å²) in [5, 5.41) is 7.91. The van der Waals surface area contributed by atoms with Crippen molar-refractivity contribution in [3.63, 3.8) is 0 Å². The Bertz CT molecular complexity index is 1040. The van der Waals surface area contributed by atoms with Crippen molar-refractivity contribution >= 4 is 15.7 Å². The second-order valence-corrected chi connectivity index (χ2v) is 7.44. The van der Waals surface area contributed by atoms with Crippen molar-refractivity contribution in [2.75, 3.05) is 4.72 Å². The highest BCUT2D eigenvalue weighted by Crippen LogP contribution is 2.29. The molecule has 144 valence electrons. The number of rotatable bonds is 6. The SMILES string of the molecule is CCn1cc(S(=O)(=O)Nc2cnn(Cc3cccc(C(F)(F)F)c3)c2)cn1. The highest BCUT2D eigenvalue weighted by Gasteiger charge is 2.30. The van der Waals surface area contributed by atoms with Crippen LogP contribution in [0.4, 0.5) is 18.9 Å². The second kappa shape index (κ2) is 7.06. The zero-order chi connectivity index (χ0) is 19.7. The van der Waals surface area contributed by atoms with E-state index in [4.69, 9.17) is 0 Å². The molecule has 0 radical (unpaired) electrons. The molecule has 2 heterocycles. The summed E-state index contributed by atoms with van der Waals surface area (Å²) in [7, 11) is -3.82. The van der Waals surface area contributed by atoms with Crippen LogP contribution in [0.15, 0.2) is 53.9 Å². The van der Waals surface area contributed by atoms with E-state index in [-0.39, 0.29) is 17.1 Å². The van der Waals surface area contributed by atoms with Gasteiger partial charge >= 0.3 is 6.18 Å². The van der Waals surface area contributed by atoms with Gasteiger partial charge in [-0.15, -0.1) is 0 Å². The van der Waals surface area contributed by atoms with Gasteiger partial charge in [-0.05, 0) is 24.6 Å². The summed E-state index contributed by atoms with van der Waals surface area (Å²) in [5.74, 6) is 0. The lowest BCUT2D eigenvalue weighted by Crippen LogP contribution is -2.12. The van der Waals surface area contributed by atoms with E-state index in [9.17, 15) is 21.6 Å². The third kappa shape index (κ3) is 4.48. The average Bonchev–Trinajstić information content (AvgIpc) is 3.24. The lowest BCUT2D eigenvalue weighted by atomic mass is 10.1. The molecule has 0 atom stereocenters. The molecule has 11 heteroatoms. The summed E-state index contributed by atoms with van der Waals surface area (Å²) in [6.07, 6.45) is 0.898. The van der Waals surface area contributed by atoms with Crippen LogP contribution in [-0.4, -0.2) is 28.0 Å². The molecule has 0 bridgehead atoms. The number of aromatic nitrogens is 4. The van der Waals surface area contributed by atoms with E-state index in [1.165, 1.54) is 40.2 Å². The van der Waals surface area contributed by atoms with Gasteiger partial charge in [0.25, 0.3) is 10.0 Å². The number of sulfonamides is 1. The van der Waals surface area contributed by atoms with Gasteiger partial charge in [0.05, 0.1) is 30.2 Å². The van der Waals surface area contributed by atoms with Crippen molar-refractivity contribution in [2.24, 2.45) is 0 Å². The minimum atomic E-state index is -4.43. The van der Waals surface area contributed by atoms with Crippen LogP contribution in [0.1, 0.15) is 18.1 Å². The molecule has 2 aromatic heterocycles. The molecule has 7 nitrogen and oxygen atoms in total. The number of nitrogens with one attached hydrogen (secondary N) is 1. The number of hydrogen-bond donors (Lipinski definition) is 1. The predicted octanol–water partition coefficient (Wildman–Crippen LogP) is 2.97. The van der Waals surface area contributed by atoms with Crippen LogP contribution >= 0.6 is 0 Å². The highest BCUT2D eigenvalue weighted by molar-refractivity contribution is 7.92. The minimum absolute atomic E-state index is 0.00924. The van der Waals surface area contributed by atoms with Gasteiger partial charge < -0.3 is 0 Å². The normalized spacial score (nSPS) is 12.3. The lowest BCUT2D eigenvalue weighted by molar-refractivity contribution is -0.137. The Morgan fingerprint density at radius 1 is 1.11 bits per heavy atom. The van der Waals surface area contributed by atoms with Crippen molar-refractivity contribution in [3.05, 3.63) is 60.2 Å². The van der Waals surface area contributed by atoms with E-state index in [1.807, 2.05) is 6.92 Å². The maximum absolute atomic E-state index is 12.8. The van der Waals surface area contributed by atoms with Gasteiger partial charge in [0.15, 0.2) is 0 Å². The molecule has 0 saturated carbocycles. The Hall–Kier alpha value is -2.82. The summed E-state index contributed by atoms with van der Waals surface area (Å²) in [6.45, 7) is 2.43. The zero-order valence-corrected chi connectivity index (χ0v) is 15.0. The summed E-state index contributed by atoms with van der Waals surface area (Å²) in [5.41, 5.74) is -0.154. The molecule has 27 heavy (non-hydrogen) atoms. The van der Waals surface area contributed by atoms with E-state index in [1.54, 1.807) is 6.07 Å². The quantitative estimate of drug-likeness (QED) is 0.691. The molecule has 0 aliphatic rings. The van der Waals surface area contributed by atoms with Gasteiger partial charge in [-0.2, -0.15) is 23.4 Å². The van der Waals surface area contributed by atoms with Crippen molar-refractivity contribution < 1.29 is 21.6 Å². The van der Waals surface area contributed by atoms with Gasteiger partial charge in [-0.1, -0.05) is 12.1 Å². The molecular weight excluding hydrogens is 383 g/mol. The Kier molecular flexibility index (Phi) is 4.96. The van der Waals surface area contributed by atoms with Gasteiger partial charge in [0, 0.05) is 18.9 Å². The number of alkyl halides is 3. The molecule has 1 N–H and O–H groups in total. The van der Waals surface area contributed by atoms with Crippen LogP contribution in [0.2, 0.25) is 0 Å². The topological polar surface area (TPSA) is 81.8 Å². The first kappa shape index (κ1) is 19.0. The Morgan fingerprint density at radius 3 is 2.52 bits per heavy atom. The average molecular weight is 399 g/mol. The van der Waals surface area contributed by atoms with E-state index in [2.05, 4.69) is 14.9 Å². The summed E-state index contributed by atoms with van der Waals surface area (Å²) in [4.78, 5) is 0.00924. The van der Waals surface area contributed by atoms with Crippen molar-refractivity contribution in [2.45, 2.75) is 31.1 Å². The third-order valence-corrected chi connectivity index (χ3v) is 5.06. The fourth-order valence-corrected chi connectivity index (χ4v) is 3.39. The van der Waals surface area contributed by atoms with Gasteiger partial charge in [-0.3, -0.25) is 14.1 Å². The molecule has 0 aliphatic heterocycles. The monoisotopic (exact) mass is 399 g/mol. The van der Waals surface area contributed by atoms with Crippen molar-refractivity contribution in [3.8, 4) is 0 Å². The number of anilines is 1. The van der Waals surface area contributed by atoms with Crippen LogP contribution in [0.5, 0.6) is 0 Å². The van der Waals surface area contributed by atoms with E-state index in [0.717, 1.165) is 12.1 Å². The molecular formula is C16H16F3N5O2S. The third-order valence-electron chi connectivity index (χ3n) is 3.73. The Labute approximate surface area is 153 Å². The standard InChI is InChI=1S/C16H16F3N5O2S/c1-2-23-11-15(8-21-23)27(25,26)22-14-7-20-24(10-14)9-12-4-3-5-13(6-12)16(17,18)19/h3-8,10-11,22H,2,9H2,1H3. The van der Waals surface area contributed by atoms with Gasteiger partial charge in [0.1, 0.15) is 4.90 Å². The minimum Gasteiger partial charge on any atom is -0.276 e. The van der Waals surface area contributed by atoms with Crippen LogP contribution in [0.25, 0.3) is 0 Å². The number of hydrogen-bond acceptors (Lipinski definition) is 4. The molecule has 3 rings (SSSR count). The van der Waals surface area contributed by atoms with E-state index < -0.39 is 21.8 Å². The fourth-order valence-electron chi connectivity index (χ4n) is 2.41. The van der Waals surface area contributed by atoms with Crippen LogP contribution in [0, 0.1) is 0 Å². The van der Waals surface area contributed by atoms with E-state index in [0.29, 0.717) is 12.1 Å². The molecule has 0 aliphatic carbocycles. The Morgan fingerprint density at radius 2 is 1.85 bits per heavy atom. The highest BCUT2D eigenvalue weighted by atomic mass is 32.2. The van der Waals surface area contributed by atoms with Crippen molar-refractivity contribution in [1.82, 2.24) is 19.6 Å². The molecule has 0 saturated heterocycles. The molecule has 0 unspecified atom stereocenters. The summed E-state index contributed by atoms with van der Waals surface area (Å²) < 4.78 is 68.2. The van der Waals surface area contributed by atoms with Gasteiger partial charge in [-0.25, -0.2) is 8.42 Å². The zero-order valence-electron chi connectivity index (χ0n) is 14.2. The number of aryl methyl sites for hydroxylation is 1. The molecule has 3 aromatic rings. The predicted molar refractivity (Wildman–Crippen MR) is 91.5 cm³/mol. The molecule has 0 spiro atoms. The van der Waals surface area contributed by atoms with Crippen LogP contribution < -0.4 is 4.72 Å². The maximum atomic E-state index is 12.8. The van der Waals surface area contributed by atoms with Crippen LogP contribution in [0.3, 0.4) is 0 Å². The first-order chi connectivity index (χ1) is 12.7. The van der Waals surface area contributed by atoms with E-state index >= 15 is 0 Å². The number of benzene rings is 1. The van der Waals surface area contributed by atoms with Gasteiger partial charge in [0.2, 0.25) is 0 Å². The summed E-state index contributed by atoms with van der Waals surface area (Å²) in [6, 6.07) is 4.88.